The van der Waals surface area contributed by atoms with Crippen LogP contribution in [0.5, 0.6) is 0 Å². The van der Waals surface area contributed by atoms with Crippen LogP contribution in [0.1, 0.15) is 28.5 Å². The molecule has 0 bridgehead atoms. The van der Waals surface area contributed by atoms with Gasteiger partial charge in [-0.3, -0.25) is 0 Å². The lowest BCUT2D eigenvalue weighted by Crippen LogP contribution is -2.14. The van der Waals surface area contributed by atoms with Crippen molar-refractivity contribution in [1.29, 1.82) is 0 Å². The Balaban J connectivity index is 2.44. The molecule has 2 rings (SSSR count). The van der Waals surface area contributed by atoms with Crippen LogP contribution in [0.25, 0.3) is 11.6 Å². The highest BCUT2D eigenvalue weighted by atomic mass is 16.5. The summed E-state index contributed by atoms with van der Waals surface area (Å²) in [6, 6.07) is 0. The summed E-state index contributed by atoms with van der Waals surface area (Å²) in [4.78, 5) is 28.3. The first-order valence-electron chi connectivity index (χ1n) is 6.13. The Labute approximate surface area is 116 Å². The van der Waals surface area contributed by atoms with E-state index in [9.17, 15) is 4.79 Å². The van der Waals surface area contributed by atoms with E-state index in [4.69, 9.17) is 10.5 Å². The number of hydrogen-bond acceptors (Lipinski definition) is 7. The smallest absolute Gasteiger partial charge is 0.343 e. The van der Waals surface area contributed by atoms with Gasteiger partial charge in [-0.25, -0.2) is 24.7 Å². The van der Waals surface area contributed by atoms with Crippen molar-refractivity contribution in [2.24, 2.45) is 0 Å². The molecule has 2 aromatic heterocycles. The zero-order valence-corrected chi connectivity index (χ0v) is 11.5. The van der Waals surface area contributed by atoms with Crippen LogP contribution in [0, 0.1) is 13.8 Å². The van der Waals surface area contributed by atoms with Crippen molar-refractivity contribution in [2.75, 3.05) is 12.3 Å². The van der Waals surface area contributed by atoms with Crippen molar-refractivity contribution >= 4 is 11.8 Å². The van der Waals surface area contributed by atoms with Crippen LogP contribution >= 0.6 is 0 Å². The van der Waals surface area contributed by atoms with E-state index in [1.807, 2.05) is 6.92 Å². The van der Waals surface area contributed by atoms with Crippen LogP contribution in [0.3, 0.4) is 0 Å². The van der Waals surface area contributed by atoms with Crippen molar-refractivity contribution in [2.45, 2.75) is 20.8 Å². The Hall–Kier alpha value is -2.57. The normalized spacial score (nSPS) is 10.3. The van der Waals surface area contributed by atoms with Crippen LogP contribution < -0.4 is 5.73 Å². The van der Waals surface area contributed by atoms with Gasteiger partial charge in [0.1, 0.15) is 11.4 Å². The number of carbonyl (C=O) groups excluding carboxylic acids is 1. The van der Waals surface area contributed by atoms with Crippen LogP contribution in [-0.4, -0.2) is 32.5 Å². The average Bonchev–Trinajstić information content (AvgIpc) is 2.39. The maximum Gasteiger partial charge on any atom is 0.343 e. The van der Waals surface area contributed by atoms with Gasteiger partial charge >= 0.3 is 5.97 Å². The minimum Gasteiger partial charge on any atom is -0.462 e. The minimum atomic E-state index is -0.529. The second-order valence-electron chi connectivity index (χ2n) is 4.20. The summed E-state index contributed by atoms with van der Waals surface area (Å²) in [5.74, 6) is 0.183. The topological polar surface area (TPSA) is 104 Å². The highest BCUT2D eigenvalue weighted by Crippen LogP contribution is 2.18. The highest BCUT2D eigenvalue weighted by Gasteiger charge is 2.19. The molecule has 0 aromatic carbocycles. The third-order valence-corrected chi connectivity index (χ3v) is 2.58. The molecule has 7 nitrogen and oxygen atoms in total. The molecule has 0 saturated heterocycles. The van der Waals surface area contributed by atoms with E-state index in [-0.39, 0.29) is 23.8 Å². The van der Waals surface area contributed by atoms with Gasteiger partial charge in [-0.2, -0.15) is 0 Å². The van der Waals surface area contributed by atoms with Gasteiger partial charge in [-0.05, 0) is 26.3 Å². The van der Waals surface area contributed by atoms with Gasteiger partial charge in [0.2, 0.25) is 0 Å². The average molecular weight is 273 g/mol. The quantitative estimate of drug-likeness (QED) is 0.840. The largest absolute Gasteiger partial charge is 0.462 e. The third kappa shape index (κ3) is 2.71. The number of aryl methyl sites for hydroxylation is 2. The van der Waals surface area contributed by atoms with E-state index in [0.717, 1.165) is 5.56 Å². The molecule has 0 aliphatic rings. The van der Waals surface area contributed by atoms with Gasteiger partial charge in [-0.15, -0.1) is 0 Å². The van der Waals surface area contributed by atoms with E-state index in [0.29, 0.717) is 11.5 Å². The fourth-order valence-corrected chi connectivity index (χ4v) is 1.66. The molecule has 0 fully saturated rings. The number of nitrogens with two attached hydrogens (primary N) is 1. The van der Waals surface area contributed by atoms with Gasteiger partial charge in [0, 0.05) is 12.4 Å². The standard InChI is InChI=1S/C13H15N5O2/c1-4-20-13(19)9-8(3)17-12(18-10(9)14)11-15-5-7(2)6-16-11/h5-6H,4H2,1-3H3,(H2,14,17,18). The molecule has 0 atom stereocenters. The maximum absolute atomic E-state index is 11.8. The molecule has 20 heavy (non-hydrogen) atoms. The number of aromatic nitrogens is 4. The number of nitrogens with zero attached hydrogens (tertiary/aromatic N) is 4. The van der Waals surface area contributed by atoms with E-state index in [1.165, 1.54) is 0 Å². The highest BCUT2D eigenvalue weighted by molar-refractivity contribution is 5.95. The van der Waals surface area contributed by atoms with E-state index in [1.54, 1.807) is 26.2 Å². The van der Waals surface area contributed by atoms with Gasteiger partial charge < -0.3 is 10.5 Å². The number of rotatable bonds is 3. The zero-order valence-electron chi connectivity index (χ0n) is 11.5. The van der Waals surface area contributed by atoms with Crippen LogP contribution in [-0.2, 0) is 4.74 Å². The number of nitrogen functional groups attached to an aromatic ring is 1. The van der Waals surface area contributed by atoms with Gasteiger partial charge in [-0.1, -0.05) is 0 Å². The van der Waals surface area contributed by atoms with Crippen molar-refractivity contribution in [3.05, 3.63) is 29.2 Å². The Bertz CT molecular complexity index is 617. The first-order valence-corrected chi connectivity index (χ1v) is 6.13. The molecule has 0 aliphatic heterocycles. The molecule has 0 aliphatic carbocycles. The van der Waals surface area contributed by atoms with Gasteiger partial charge in [0.05, 0.1) is 12.3 Å². The lowest BCUT2D eigenvalue weighted by atomic mass is 10.2. The van der Waals surface area contributed by atoms with Crippen LogP contribution in [0.2, 0.25) is 0 Å². The first-order chi connectivity index (χ1) is 9.52. The van der Waals surface area contributed by atoms with E-state index < -0.39 is 5.97 Å². The van der Waals surface area contributed by atoms with Crippen LogP contribution in [0.15, 0.2) is 12.4 Å². The second kappa shape index (κ2) is 5.60. The molecule has 0 spiro atoms. The van der Waals surface area contributed by atoms with Crippen molar-refractivity contribution in [1.82, 2.24) is 19.9 Å². The molecule has 0 unspecified atom stereocenters. The first kappa shape index (κ1) is 13.9. The fourth-order valence-electron chi connectivity index (χ4n) is 1.66. The fraction of sp³-hybridized carbons (Fsp3) is 0.308. The molecular formula is C13H15N5O2. The minimum absolute atomic E-state index is 0.0649. The Morgan fingerprint density at radius 3 is 2.40 bits per heavy atom. The number of hydrogen-bond donors (Lipinski definition) is 1. The maximum atomic E-state index is 11.8. The van der Waals surface area contributed by atoms with Crippen LogP contribution in [0.4, 0.5) is 5.82 Å². The molecule has 7 heteroatoms. The lowest BCUT2D eigenvalue weighted by molar-refractivity contribution is 0.0526. The molecule has 0 amide bonds. The third-order valence-electron chi connectivity index (χ3n) is 2.58. The second-order valence-corrected chi connectivity index (χ2v) is 4.20. The molecule has 104 valence electrons. The van der Waals surface area contributed by atoms with E-state index >= 15 is 0 Å². The summed E-state index contributed by atoms with van der Waals surface area (Å²) in [6.07, 6.45) is 3.33. The summed E-state index contributed by atoms with van der Waals surface area (Å²) in [6.45, 7) is 5.54. The molecule has 2 aromatic rings. The van der Waals surface area contributed by atoms with Gasteiger partial charge in [0.15, 0.2) is 11.6 Å². The number of ether oxygens (including phenoxy) is 1. The molecular weight excluding hydrogens is 258 g/mol. The SMILES string of the molecule is CCOC(=O)c1c(C)nc(-c2ncc(C)cn2)nc1N. The summed E-state index contributed by atoms with van der Waals surface area (Å²) in [5, 5.41) is 0. The Kier molecular flexibility index (Phi) is 3.88. The van der Waals surface area contributed by atoms with Crippen molar-refractivity contribution in [3.8, 4) is 11.6 Å². The molecule has 2 heterocycles. The zero-order chi connectivity index (χ0) is 14.7. The Morgan fingerprint density at radius 2 is 1.85 bits per heavy atom. The lowest BCUT2D eigenvalue weighted by Gasteiger charge is -2.09. The summed E-state index contributed by atoms with van der Waals surface area (Å²) >= 11 is 0. The van der Waals surface area contributed by atoms with Gasteiger partial charge in [0.25, 0.3) is 0 Å². The predicted molar refractivity (Wildman–Crippen MR) is 72.9 cm³/mol. The molecule has 0 saturated carbocycles. The number of anilines is 1. The number of esters is 1. The van der Waals surface area contributed by atoms with E-state index in [2.05, 4.69) is 19.9 Å². The summed E-state index contributed by atoms with van der Waals surface area (Å²) in [7, 11) is 0. The summed E-state index contributed by atoms with van der Waals surface area (Å²) in [5.41, 5.74) is 7.37. The monoisotopic (exact) mass is 273 g/mol. The predicted octanol–water partition coefficient (Wildman–Crippen LogP) is 1.31. The van der Waals surface area contributed by atoms with Crippen molar-refractivity contribution < 1.29 is 9.53 Å². The number of carbonyl (C=O) groups is 1. The molecule has 2 N–H and O–H groups in total. The van der Waals surface area contributed by atoms with Crippen molar-refractivity contribution in [3.63, 3.8) is 0 Å². The molecule has 0 radical (unpaired) electrons. The summed E-state index contributed by atoms with van der Waals surface area (Å²) < 4.78 is 4.92. The Morgan fingerprint density at radius 1 is 1.20 bits per heavy atom.